The Hall–Kier alpha value is -1.99. The molecule has 0 aromatic carbocycles. The largest absolute Gasteiger partial charge is 0.480 e. The molecule has 0 saturated carbocycles. The van der Waals surface area contributed by atoms with E-state index in [4.69, 9.17) is 16.6 Å². The lowest BCUT2D eigenvalue weighted by Crippen LogP contribution is -2.59. The molecule has 0 fully saturated rings. The molecule has 172 valence electrons. The number of nitrogens with two attached hydrogens (primary N) is 2. The van der Waals surface area contributed by atoms with E-state index in [0.29, 0.717) is 6.42 Å². The summed E-state index contributed by atoms with van der Waals surface area (Å²) in [6.45, 7) is 3.55. The number of hydrogen-bond acceptors (Lipinski definition) is 8. The van der Waals surface area contributed by atoms with E-state index in [9.17, 15) is 24.0 Å². The van der Waals surface area contributed by atoms with Gasteiger partial charge in [0.15, 0.2) is 0 Å². The van der Waals surface area contributed by atoms with E-state index < -0.39 is 53.8 Å². The summed E-state index contributed by atoms with van der Waals surface area (Å²) < 4.78 is 0. The highest BCUT2D eigenvalue weighted by Gasteiger charge is 2.32. The number of rotatable bonds is 14. The number of aliphatic carboxylic acids is 1. The van der Waals surface area contributed by atoms with Crippen molar-refractivity contribution in [2.45, 2.75) is 57.3 Å². The standard InChI is InChI=1S/C17H31N5O6S2/c1-3-8(2)13(22-14(24)9(18)6-29)16(26)20-10(4-5-12(19)23)15(25)21-11(7-30)17(27)28/h8-11,13,29-30H,3-7,18H2,1-2H3,(H2,19,23)(H,20,26)(H,21,25)(H,22,24)(H,27,28). The second-order valence-corrected chi connectivity index (χ2v) is 7.54. The molecular formula is C17H31N5O6S2. The zero-order valence-electron chi connectivity index (χ0n) is 17.0. The van der Waals surface area contributed by atoms with Crippen LogP contribution in [0.4, 0.5) is 0 Å². The maximum atomic E-state index is 12.8. The lowest BCUT2D eigenvalue weighted by molar-refractivity contribution is -0.141. The molecule has 11 nitrogen and oxygen atoms in total. The van der Waals surface area contributed by atoms with Crippen LogP contribution in [0.1, 0.15) is 33.1 Å². The first kappa shape index (κ1) is 28.0. The minimum Gasteiger partial charge on any atom is -0.480 e. The zero-order chi connectivity index (χ0) is 23.4. The van der Waals surface area contributed by atoms with Crippen molar-refractivity contribution in [1.82, 2.24) is 16.0 Å². The number of carbonyl (C=O) groups excluding carboxylic acids is 4. The maximum Gasteiger partial charge on any atom is 0.327 e. The van der Waals surface area contributed by atoms with Crippen molar-refractivity contribution in [3.05, 3.63) is 0 Å². The third-order valence-electron chi connectivity index (χ3n) is 4.44. The number of carboxylic acids is 1. The summed E-state index contributed by atoms with van der Waals surface area (Å²) in [4.78, 5) is 59.7. The van der Waals surface area contributed by atoms with Gasteiger partial charge in [-0.2, -0.15) is 25.3 Å². The summed E-state index contributed by atoms with van der Waals surface area (Å²) in [5.74, 6) is -4.47. The predicted molar refractivity (Wildman–Crippen MR) is 117 cm³/mol. The molecule has 8 N–H and O–H groups in total. The summed E-state index contributed by atoms with van der Waals surface area (Å²) >= 11 is 7.82. The van der Waals surface area contributed by atoms with Crippen LogP contribution in [0.25, 0.3) is 0 Å². The topological polar surface area (TPSA) is 194 Å². The Morgan fingerprint density at radius 3 is 1.93 bits per heavy atom. The molecule has 0 aromatic heterocycles. The first-order valence-corrected chi connectivity index (χ1v) is 10.6. The quantitative estimate of drug-likeness (QED) is 0.136. The van der Waals surface area contributed by atoms with Crippen LogP contribution in [0.15, 0.2) is 0 Å². The Balaban J connectivity index is 5.49. The Morgan fingerprint density at radius 1 is 0.933 bits per heavy atom. The van der Waals surface area contributed by atoms with E-state index in [1.807, 2.05) is 6.92 Å². The summed E-state index contributed by atoms with van der Waals surface area (Å²) in [6.07, 6.45) is 0.165. The molecule has 0 aromatic rings. The van der Waals surface area contributed by atoms with Crippen molar-refractivity contribution in [3.63, 3.8) is 0 Å². The van der Waals surface area contributed by atoms with Crippen LogP contribution in [-0.2, 0) is 24.0 Å². The fourth-order valence-corrected chi connectivity index (χ4v) is 2.73. The smallest absolute Gasteiger partial charge is 0.327 e. The van der Waals surface area contributed by atoms with E-state index in [1.54, 1.807) is 6.92 Å². The molecule has 0 rings (SSSR count). The molecule has 13 heteroatoms. The lowest BCUT2D eigenvalue weighted by Gasteiger charge is -2.27. The van der Waals surface area contributed by atoms with Gasteiger partial charge in [-0.05, 0) is 12.3 Å². The van der Waals surface area contributed by atoms with Crippen molar-refractivity contribution in [1.29, 1.82) is 0 Å². The van der Waals surface area contributed by atoms with Crippen molar-refractivity contribution in [2.75, 3.05) is 11.5 Å². The highest BCUT2D eigenvalue weighted by molar-refractivity contribution is 7.80. The molecule has 0 radical (unpaired) electrons. The number of nitrogens with one attached hydrogen (secondary N) is 3. The van der Waals surface area contributed by atoms with Crippen molar-refractivity contribution < 1.29 is 29.1 Å². The van der Waals surface area contributed by atoms with Gasteiger partial charge in [-0.15, -0.1) is 0 Å². The number of carbonyl (C=O) groups is 5. The molecule has 4 amide bonds. The van der Waals surface area contributed by atoms with Gasteiger partial charge in [-0.25, -0.2) is 4.79 Å². The fraction of sp³-hybridized carbons (Fsp3) is 0.706. The van der Waals surface area contributed by atoms with Crippen molar-refractivity contribution in [2.24, 2.45) is 17.4 Å². The molecule has 0 aliphatic rings. The Bertz CT molecular complexity index is 636. The zero-order valence-corrected chi connectivity index (χ0v) is 18.7. The van der Waals surface area contributed by atoms with Crippen LogP contribution < -0.4 is 27.4 Å². The van der Waals surface area contributed by atoms with Gasteiger partial charge in [0.1, 0.15) is 18.1 Å². The Kier molecular flexibility index (Phi) is 13.2. The summed E-state index contributed by atoms with van der Waals surface area (Å²) in [5, 5.41) is 16.3. The Labute approximate surface area is 186 Å². The van der Waals surface area contributed by atoms with E-state index in [-0.39, 0.29) is 30.3 Å². The second kappa shape index (κ2) is 14.1. The third-order valence-corrected chi connectivity index (χ3v) is 5.19. The average molecular weight is 466 g/mol. The number of hydrogen-bond donors (Lipinski definition) is 8. The highest BCUT2D eigenvalue weighted by atomic mass is 32.1. The van der Waals surface area contributed by atoms with Crippen LogP contribution in [0.2, 0.25) is 0 Å². The average Bonchev–Trinajstić information content (AvgIpc) is 2.70. The maximum absolute atomic E-state index is 12.8. The van der Waals surface area contributed by atoms with Crippen LogP contribution >= 0.6 is 25.3 Å². The number of amides is 4. The highest BCUT2D eigenvalue weighted by Crippen LogP contribution is 2.10. The van der Waals surface area contributed by atoms with Gasteiger partial charge < -0.3 is 32.5 Å². The summed E-state index contributed by atoms with van der Waals surface area (Å²) in [6, 6.07) is -4.45. The normalized spacial score (nSPS) is 15.8. The molecule has 0 aliphatic heterocycles. The van der Waals surface area contributed by atoms with Gasteiger partial charge >= 0.3 is 5.97 Å². The van der Waals surface area contributed by atoms with Crippen molar-refractivity contribution in [3.8, 4) is 0 Å². The first-order valence-electron chi connectivity index (χ1n) is 9.37. The molecule has 0 aliphatic carbocycles. The molecule has 0 saturated heterocycles. The van der Waals surface area contributed by atoms with Gasteiger partial charge in [0.05, 0.1) is 6.04 Å². The van der Waals surface area contributed by atoms with E-state index >= 15 is 0 Å². The predicted octanol–water partition coefficient (Wildman–Crippen LogP) is -1.98. The van der Waals surface area contributed by atoms with Crippen LogP contribution in [0.5, 0.6) is 0 Å². The third kappa shape index (κ3) is 9.67. The molecule has 5 atom stereocenters. The van der Waals surface area contributed by atoms with Crippen LogP contribution in [0, 0.1) is 5.92 Å². The molecule has 5 unspecified atom stereocenters. The second-order valence-electron chi connectivity index (χ2n) is 6.81. The SMILES string of the molecule is CCC(C)C(NC(=O)C(N)CS)C(=O)NC(CCC(N)=O)C(=O)NC(CS)C(=O)O. The molecule has 0 spiro atoms. The van der Waals surface area contributed by atoms with Gasteiger partial charge in [0.25, 0.3) is 0 Å². The number of primary amides is 1. The van der Waals surface area contributed by atoms with Crippen LogP contribution in [0.3, 0.4) is 0 Å². The monoisotopic (exact) mass is 465 g/mol. The van der Waals surface area contributed by atoms with E-state index in [1.165, 1.54) is 0 Å². The summed E-state index contributed by atoms with van der Waals surface area (Å²) in [5.41, 5.74) is 10.8. The van der Waals surface area contributed by atoms with Gasteiger partial charge in [-0.3, -0.25) is 19.2 Å². The molecule has 30 heavy (non-hydrogen) atoms. The number of carboxylic acid groups (broad SMARTS) is 1. The minimum atomic E-state index is -1.30. The first-order chi connectivity index (χ1) is 14.0. The summed E-state index contributed by atoms with van der Waals surface area (Å²) in [7, 11) is 0. The minimum absolute atomic E-state index is 0.0740. The van der Waals surface area contributed by atoms with Crippen LogP contribution in [-0.4, -0.2) is 70.4 Å². The lowest BCUT2D eigenvalue weighted by atomic mass is 9.97. The van der Waals surface area contributed by atoms with E-state index in [2.05, 4.69) is 41.2 Å². The molecule has 0 bridgehead atoms. The Morgan fingerprint density at radius 2 is 1.50 bits per heavy atom. The van der Waals surface area contributed by atoms with Gasteiger partial charge in [0.2, 0.25) is 23.6 Å². The fourth-order valence-electron chi connectivity index (χ4n) is 2.32. The van der Waals surface area contributed by atoms with E-state index in [0.717, 1.165) is 0 Å². The molecule has 0 heterocycles. The van der Waals surface area contributed by atoms with Gasteiger partial charge in [-0.1, -0.05) is 20.3 Å². The molecular weight excluding hydrogens is 434 g/mol. The number of thiol groups is 2. The van der Waals surface area contributed by atoms with Gasteiger partial charge in [0, 0.05) is 17.9 Å². The van der Waals surface area contributed by atoms with Crippen molar-refractivity contribution >= 4 is 54.9 Å².